The number of carboxylic acid groups (broad SMARTS) is 1. The summed E-state index contributed by atoms with van der Waals surface area (Å²) in [5, 5.41) is 40.2. The maximum atomic E-state index is 13.7. The summed E-state index contributed by atoms with van der Waals surface area (Å²) in [5.74, 6) is -3.18. The highest BCUT2D eigenvalue weighted by Gasteiger charge is 2.50. The average Bonchev–Trinajstić information content (AvgIpc) is 2.97. The number of aliphatic hydroxyl groups is 3. The molecule has 0 bridgehead atoms. The first-order valence-corrected chi connectivity index (χ1v) is 13.5. The maximum absolute atomic E-state index is 13.7. The molecule has 0 spiro atoms. The minimum absolute atomic E-state index is 0.171. The van der Waals surface area contributed by atoms with E-state index in [2.05, 4.69) is 0 Å². The van der Waals surface area contributed by atoms with Crippen molar-refractivity contribution in [1.82, 2.24) is 0 Å². The van der Waals surface area contributed by atoms with Gasteiger partial charge >= 0.3 is 5.97 Å². The summed E-state index contributed by atoms with van der Waals surface area (Å²) >= 11 is 0. The van der Waals surface area contributed by atoms with Crippen molar-refractivity contribution >= 4 is 17.6 Å². The molecular weight excluding hydrogens is 552 g/mol. The zero-order valence-electron chi connectivity index (χ0n) is 22.6. The summed E-state index contributed by atoms with van der Waals surface area (Å²) in [5.41, 5.74) is 2.92. The van der Waals surface area contributed by atoms with Gasteiger partial charge in [-0.25, -0.2) is 13.6 Å². The van der Waals surface area contributed by atoms with Gasteiger partial charge in [0.2, 0.25) is 5.91 Å². The van der Waals surface area contributed by atoms with Crippen LogP contribution in [0.25, 0.3) is 0 Å². The Hall–Kier alpha value is -3.74. The van der Waals surface area contributed by atoms with Gasteiger partial charge in [0.15, 0.2) is 12.4 Å². The maximum Gasteiger partial charge on any atom is 0.335 e. The van der Waals surface area contributed by atoms with Crippen LogP contribution in [0.15, 0.2) is 72.8 Å². The van der Waals surface area contributed by atoms with Crippen molar-refractivity contribution in [3.8, 4) is 0 Å². The molecule has 2 fully saturated rings. The first-order valence-electron chi connectivity index (χ1n) is 13.5. The standard InChI is InChI=1S/C31H31F2NO8/c1-16-2-4-18(5-3-16)24-22(29(38)34(24)21-12-10-20(33)11-13-21)14-15-23(17-6-8-19(32)9-7-17)41-31-27(37)25(35)26(36)28(42-31)30(39)40/h2-13,22-28,31,35-37H,14-15H2,1H3,(H,39,40)/t22?,23-,24?,25-,26-,27+,28-,31+/m0/s1. The molecule has 9 nitrogen and oxygen atoms in total. The molecule has 5 rings (SSSR count). The molecule has 2 saturated heterocycles. The molecule has 0 radical (unpaired) electrons. The minimum Gasteiger partial charge on any atom is -0.479 e. The third-order valence-electron chi connectivity index (χ3n) is 7.83. The predicted octanol–water partition coefficient (Wildman–Crippen LogP) is 3.41. The molecule has 222 valence electrons. The van der Waals surface area contributed by atoms with Crippen LogP contribution in [0.4, 0.5) is 14.5 Å². The van der Waals surface area contributed by atoms with Crippen molar-refractivity contribution in [2.45, 2.75) is 62.6 Å². The number of carbonyl (C=O) groups excluding carboxylic acids is 1. The number of carboxylic acids is 1. The third-order valence-corrected chi connectivity index (χ3v) is 7.83. The zero-order chi connectivity index (χ0) is 30.1. The van der Waals surface area contributed by atoms with Crippen molar-refractivity contribution < 1.29 is 48.3 Å². The molecule has 1 amide bonds. The average molecular weight is 584 g/mol. The highest BCUT2D eigenvalue weighted by molar-refractivity contribution is 6.03. The van der Waals surface area contributed by atoms with E-state index in [1.54, 1.807) is 4.90 Å². The van der Waals surface area contributed by atoms with Crippen LogP contribution in [0.3, 0.4) is 0 Å². The summed E-state index contributed by atoms with van der Waals surface area (Å²) in [4.78, 5) is 26.7. The molecule has 0 aromatic heterocycles. The van der Waals surface area contributed by atoms with Gasteiger partial charge in [-0.15, -0.1) is 0 Å². The lowest BCUT2D eigenvalue weighted by Crippen LogP contribution is -2.60. The number of halogens is 2. The van der Waals surface area contributed by atoms with E-state index >= 15 is 0 Å². The topological polar surface area (TPSA) is 137 Å². The summed E-state index contributed by atoms with van der Waals surface area (Å²) in [6.45, 7) is 1.95. The number of hydrogen-bond donors (Lipinski definition) is 4. The summed E-state index contributed by atoms with van der Waals surface area (Å²) < 4.78 is 38.6. The predicted molar refractivity (Wildman–Crippen MR) is 145 cm³/mol. The Morgan fingerprint density at radius 1 is 0.905 bits per heavy atom. The Morgan fingerprint density at radius 2 is 1.50 bits per heavy atom. The molecule has 0 aliphatic carbocycles. The first kappa shape index (κ1) is 29.7. The van der Waals surface area contributed by atoms with Crippen LogP contribution in [0.1, 0.15) is 41.7 Å². The van der Waals surface area contributed by atoms with Gasteiger partial charge in [-0.05, 0) is 67.3 Å². The van der Waals surface area contributed by atoms with Crippen molar-refractivity contribution in [3.63, 3.8) is 0 Å². The number of hydrogen-bond acceptors (Lipinski definition) is 7. The second kappa shape index (κ2) is 12.2. The smallest absolute Gasteiger partial charge is 0.335 e. The molecule has 3 aromatic rings. The molecule has 11 heteroatoms. The summed E-state index contributed by atoms with van der Waals surface area (Å²) in [6.07, 6.45) is -9.49. The van der Waals surface area contributed by atoms with Gasteiger partial charge in [-0.2, -0.15) is 0 Å². The number of aryl methyl sites for hydroxylation is 1. The van der Waals surface area contributed by atoms with E-state index in [9.17, 15) is 38.8 Å². The molecule has 2 aliphatic heterocycles. The highest BCUT2D eigenvalue weighted by atomic mass is 19.1. The first-order chi connectivity index (χ1) is 20.0. The zero-order valence-corrected chi connectivity index (χ0v) is 22.6. The number of aliphatic carboxylic acids is 1. The van der Waals surface area contributed by atoms with Gasteiger partial charge in [0, 0.05) is 5.69 Å². The number of aliphatic hydroxyl groups excluding tert-OH is 3. The molecule has 4 N–H and O–H groups in total. The molecule has 2 aliphatic rings. The SMILES string of the molecule is Cc1ccc(C2C(CC[C@H](O[C@@H]3O[C@H](C(=O)O)[C@@H](O)[C@H](O)[C@H]3O)c3ccc(F)cc3)C(=O)N2c2ccc(F)cc2)cc1. The van der Waals surface area contributed by atoms with Crippen molar-refractivity contribution in [3.05, 3.63) is 101 Å². The number of anilines is 1. The number of amides is 1. The van der Waals surface area contributed by atoms with Gasteiger partial charge in [0.05, 0.1) is 18.1 Å². The second-order valence-corrected chi connectivity index (χ2v) is 10.6. The quantitative estimate of drug-likeness (QED) is 0.282. The van der Waals surface area contributed by atoms with E-state index in [0.717, 1.165) is 11.1 Å². The number of rotatable bonds is 9. The lowest BCUT2D eigenvalue weighted by atomic mass is 9.78. The fourth-order valence-electron chi connectivity index (χ4n) is 5.51. The van der Waals surface area contributed by atoms with Gasteiger partial charge in [-0.1, -0.05) is 42.0 Å². The molecule has 2 heterocycles. The van der Waals surface area contributed by atoms with E-state index in [0.29, 0.717) is 11.3 Å². The summed E-state index contributed by atoms with van der Waals surface area (Å²) in [6, 6.07) is 18.3. The number of β-lactam (4-membered cyclic amide) rings is 1. The van der Waals surface area contributed by atoms with E-state index < -0.39 is 60.3 Å². The van der Waals surface area contributed by atoms with Crippen LogP contribution in [-0.2, 0) is 19.1 Å². The van der Waals surface area contributed by atoms with Crippen molar-refractivity contribution in [1.29, 1.82) is 0 Å². The Kier molecular flexibility index (Phi) is 8.67. The minimum atomic E-state index is -1.89. The van der Waals surface area contributed by atoms with Crippen LogP contribution in [0.5, 0.6) is 0 Å². The van der Waals surface area contributed by atoms with Gasteiger partial charge in [-0.3, -0.25) is 4.79 Å². The third kappa shape index (κ3) is 5.92. The highest BCUT2D eigenvalue weighted by Crippen LogP contribution is 2.47. The monoisotopic (exact) mass is 583 g/mol. The van der Waals surface area contributed by atoms with Gasteiger partial charge in [0.1, 0.15) is 29.9 Å². The largest absolute Gasteiger partial charge is 0.479 e. The van der Waals surface area contributed by atoms with Crippen LogP contribution in [0.2, 0.25) is 0 Å². The van der Waals surface area contributed by atoms with Crippen molar-refractivity contribution in [2.75, 3.05) is 4.90 Å². The fourth-order valence-corrected chi connectivity index (χ4v) is 5.51. The molecule has 42 heavy (non-hydrogen) atoms. The van der Waals surface area contributed by atoms with E-state index in [1.165, 1.54) is 48.5 Å². The van der Waals surface area contributed by atoms with E-state index in [-0.39, 0.29) is 24.8 Å². The summed E-state index contributed by atoms with van der Waals surface area (Å²) in [7, 11) is 0. The fraction of sp³-hybridized carbons (Fsp3) is 0.355. The van der Waals surface area contributed by atoms with Crippen molar-refractivity contribution in [2.24, 2.45) is 5.92 Å². The Bertz CT molecular complexity index is 1400. The molecule has 0 saturated carbocycles. The van der Waals surface area contributed by atoms with Gasteiger partial charge in [0.25, 0.3) is 0 Å². The lowest BCUT2D eigenvalue weighted by Gasteiger charge is -2.48. The molecule has 3 aromatic carbocycles. The lowest BCUT2D eigenvalue weighted by molar-refractivity contribution is -0.306. The second-order valence-electron chi connectivity index (χ2n) is 10.6. The Balaban J connectivity index is 1.40. The van der Waals surface area contributed by atoms with E-state index in [4.69, 9.17) is 9.47 Å². The Morgan fingerprint density at radius 3 is 2.10 bits per heavy atom. The number of benzene rings is 3. The van der Waals surface area contributed by atoms with Crippen LogP contribution < -0.4 is 4.90 Å². The number of carbonyl (C=O) groups is 2. The van der Waals surface area contributed by atoms with Gasteiger partial charge < -0.3 is 34.8 Å². The molecule has 2 unspecified atom stereocenters. The normalized spacial score (nSPS) is 28.3. The molecule has 8 atom stereocenters. The molecular formula is C31H31F2NO8. The number of ether oxygens (including phenoxy) is 2. The van der Waals surface area contributed by atoms with Crippen LogP contribution in [-0.4, -0.2) is 63.0 Å². The van der Waals surface area contributed by atoms with Crippen LogP contribution >= 0.6 is 0 Å². The Labute approximate surface area is 240 Å². The van der Waals surface area contributed by atoms with E-state index in [1.807, 2.05) is 31.2 Å². The number of nitrogens with zero attached hydrogens (tertiary/aromatic N) is 1. The van der Waals surface area contributed by atoms with Crippen LogP contribution in [0, 0.1) is 24.5 Å².